The molecule has 1 aliphatic heterocycles. The normalized spacial score (nSPS) is 23.6. The Balaban J connectivity index is 1.60. The quantitative estimate of drug-likeness (QED) is 0.370. The van der Waals surface area contributed by atoms with Gasteiger partial charge in [-0.05, 0) is 54.4 Å². The average molecular weight is 552 g/mol. The van der Waals surface area contributed by atoms with Crippen LogP contribution in [0.2, 0.25) is 5.02 Å². The van der Waals surface area contributed by atoms with Crippen LogP contribution in [0.25, 0.3) is 0 Å². The van der Waals surface area contributed by atoms with Crippen molar-refractivity contribution < 1.29 is 23.5 Å². The molecule has 2 aromatic rings. The highest BCUT2D eigenvalue weighted by molar-refractivity contribution is 6.32. The second-order valence-corrected chi connectivity index (χ2v) is 12.9. The summed E-state index contributed by atoms with van der Waals surface area (Å²) in [5, 5.41) is 0.283. The van der Waals surface area contributed by atoms with Gasteiger partial charge in [0.1, 0.15) is 18.2 Å². The van der Waals surface area contributed by atoms with Crippen LogP contribution in [-0.4, -0.2) is 23.9 Å². The van der Waals surface area contributed by atoms with Crippen molar-refractivity contribution in [1.82, 2.24) is 0 Å². The standard InChI is InChI=1S/C32H35ClFNO4/c1-6-38-26-12-19(11-20(33)30(26)39-17-18-9-7-8-10-21(18)34)27-28-22(13-31(2,3)15-24(28)36)35-23-14-32(4,5)16-25(37)29(23)27/h7-12,27-28H,6,13-17H2,1-5H3. The Morgan fingerprint density at radius 1 is 0.974 bits per heavy atom. The van der Waals surface area contributed by atoms with Crippen LogP contribution in [0.4, 0.5) is 4.39 Å². The summed E-state index contributed by atoms with van der Waals surface area (Å²) < 4.78 is 26.1. The predicted molar refractivity (Wildman–Crippen MR) is 150 cm³/mol. The van der Waals surface area contributed by atoms with Crippen molar-refractivity contribution in [2.45, 2.75) is 72.8 Å². The van der Waals surface area contributed by atoms with E-state index < -0.39 is 11.8 Å². The van der Waals surface area contributed by atoms with Crippen molar-refractivity contribution in [1.29, 1.82) is 0 Å². The fourth-order valence-electron chi connectivity index (χ4n) is 6.31. The number of allylic oxidation sites excluding steroid dienone is 2. The lowest BCUT2D eigenvalue weighted by atomic mass is 9.60. The molecule has 0 N–H and O–H groups in total. The van der Waals surface area contributed by atoms with Crippen LogP contribution in [0.3, 0.4) is 0 Å². The topological polar surface area (TPSA) is 65.0 Å². The number of benzene rings is 2. The van der Waals surface area contributed by atoms with Gasteiger partial charge in [-0.2, -0.15) is 0 Å². The molecule has 1 fully saturated rings. The van der Waals surface area contributed by atoms with E-state index in [1.54, 1.807) is 24.3 Å². The van der Waals surface area contributed by atoms with E-state index in [2.05, 4.69) is 27.7 Å². The summed E-state index contributed by atoms with van der Waals surface area (Å²) in [7, 11) is 0. The van der Waals surface area contributed by atoms with Crippen molar-refractivity contribution in [2.75, 3.05) is 6.61 Å². The largest absolute Gasteiger partial charge is 0.490 e. The Morgan fingerprint density at radius 2 is 1.69 bits per heavy atom. The highest BCUT2D eigenvalue weighted by Crippen LogP contribution is 2.53. The number of nitrogens with zero attached hydrogens (tertiary/aromatic N) is 1. The fourth-order valence-corrected chi connectivity index (χ4v) is 6.58. The molecule has 3 aliphatic rings. The molecule has 7 heteroatoms. The SMILES string of the molecule is CCOc1cc(C2C3=C(CC(C)(C)CC3=O)N=C3CC(C)(C)CC(=O)C32)cc(Cl)c1OCc1ccccc1F. The molecule has 2 aromatic carbocycles. The Hall–Kier alpha value is -2.99. The molecule has 0 bridgehead atoms. The minimum Gasteiger partial charge on any atom is -0.490 e. The molecule has 2 unspecified atom stereocenters. The third-order valence-electron chi connectivity index (χ3n) is 7.86. The Bertz CT molecular complexity index is 1410. The number of carbonyl (C=O) groups excluding carboxylic acids is 2. The number of hydrogen-bond acceptors (Lipinski definition) is 5. The van der Waals surface area contributed by atoms with E-state index in [0.29, 0.717) is 54.9 Å². The number of carbonyl (C=O) groups is 2. The molecule has 1 saturated carbocycles. The summed E-state index contributed by atoms with van der Waals surface area (Å²) in [6.45, 7) is 10.5. The molecule has 206 valence electrons. The summed E-state index contributed by atoms with van der Waals surface area (Å²) in [5.74, 6) is -0.552. The summed E-state index contributed by atoms with van der Waals surface area (Å²) in [4.78, 5) is 32.3. The van der Waals surface area contributed by atoms with Crippen LogP contribution in [0.15, 0.2) is 52.7 Å². The maximum atomic E-state index is 14.2. The van der Waals surface area contributed by atoms with E-state index in [1.807, 2.05) is 13.0 Å². The smallest absolute Gasteiger partial charge is 0.180 e. The molecule has 0 amide bonds. The van der Waals surface area contributed by atoms with Crippen LogP contribution >= 0.6 is 11.6 Å². The van der Waals surface area contributed by atoms with Crippen molar-refractivity contribution in [3.8, 4) is 11.5 Å². The fraction of sp³-hybridized carbons (Fsp3) is 0.469. The number of rotatable bonds is 6. The van der Waals surface area contributed by atoms with Crippen LogP contribution in [-0.2, 0) is 16.2 Å². The minimum atomic E-state index is -0.516. The second kappa shape index (κ2) is 10.2. The molecule has 39 heavy (non-hydrogen) atoms. The first-order chi connectivity index (χ1) is 18.4. The molecule has 5 rings (SSSR count). The summed E-state index contributed by atoms with van der Waals surface area (Å²) in [5.41, 5.74) is 2.98. The van der Waals surface area contributed by atoms with Gasteiger partial charge in [0.15, 0.2) is 17.3 Å². The van der Waals surface area contributed by atoms with E-state index in [0.717, 1.165) is 17.0 Å². The lowest BCUT2D eigenvalue weighted by Crippen LogP contribution is -2.45. The van der Waals surface area contributed by atoms with Gasteiger partial charge >= 0.3 is 0 Å². The van der Waals surface area contributed by atoms with Gasteiger partial charge in [-0.3, -0.25) is 14.6 Å². The average Bonchev–Trinajstić information content (AvgIpc) is 2.81. The monoisotopic (exact) mass is 551 g/mol. The highest BCUT2D eigenvalue weighted by atomic mass is 35.5. The van der Waals surface area contributed by atoms with Crippen molar-refractivity contribution >= 4 is 28.9 Å². The molecule has 5 nitrogen and oxygen atoms in total. The Morgan fingerprint density at radius 3 is 2.41 bits per heavy atom. The van der Waals surface area contributed by atoms with Gasteiger partial charge in [-0.1, -0.05) is 57.5 Å². The molecule has 0 aromatic heterocycles. The van der Waals surface area contributed by atoms with Gasteiger partial charge in [0.25, 0.3) is 0 Å². The first-order valence-electron chi connectivity index (χ1n) is 13.6. The number of Topliss-reactive ketones (excluding diaryl/α,β-unsaturated/α-hetero) is 2. The zero-order chi connectivity index (χ0) is 28.1. The van der Waals surface area contributed by atoms with E-state index in [4.69, 9.17) is 26.1 Å². The van der Waals surface area contributed by atoms with E-state index in [9.17, 15) is 14.0 Å². The van der Waals surface area contributed by atoms with Gasteiger partial charge < -0.3 is 9.47 Å². The third-order valence-corrected chi connectivity index (χ3v) is 8.14. The number of halogens is 2. The Kier molecular flexibility index (Phi) is 7.21. The number of fused-ring (bicyclic) bond motifs is 1. The molecule has 2 atom stereocenters. The summed E-state index contributed by atoms with van der Waals surface area (Å²) in [6, 6.07) is 9.99. The van der Waals surface area contributed by atoms with E-state index in [1.165, 1.54) is 6.07 Å². The zero-order valence-electron chi connectivity index (χ0n) is 23.2. The van der Waals surface area contributed by atoms with E-state index in [-0.39, 0.29) is 39.8 Å². The second-order valence-electron chi connectivity index (χ2n) is 12.5. The molecular formula is C32H35ClFNO4. The van der Waals surface area contributed by atoms with Crippen LogP contribution in [0, 0.1) is 22.6 Å². The van der Waals surface area contributed by atoms with Gasteiger partial charge in [0.2, 0.25) is 0 Å². The van der Waals surface area contributed by atoms with E-state index >= 15 is 0 Å². The van der Waals surface area contributed by atoms with Crippen LogP contribution < -0.4 is 9.47 Å². The summed E-state index contributed by atoms with van der Waals surface area (Å²) in [6.07, 6.45) is 2.19. The van der Waals surface area contributed by atoms with Crippen molar-refractivity contribution in [3.05, 3.63) is 69.6 Å². The maximum Gasteiger partial charge on any atom is 0.180 e. The number of ketones is 2. The van der Waals surface area contributed by atoms with Crippen LogP contribution in [0.5, 0.6) is 11.5 Å². The predicted octanol–water partition coefficient (Wildman–Crippen LogP) is 7.64. The third kappa shape index (κ3) is 5.41. The van der Waals surface area contributed by atoms with Crippen molar-refractivity contribution in [3.63, 3.8) is 0 Å². The van der Waals surface area contributed by atoms with Gasteiger partial charge in [0, 0.05) is 41.3 Å². The number of ether oxygens (including phenoxy) is 2. The number of aliphatic imine (C=N–C) groups is 1. The van der Waals surface area contributed by atoms with Crippen molar-refractivity contribution in [2.24, 2.45) is 21.7 Å². The first-order valence-corrected chi connectivity index (χ1v) is 14.0. The molecule has 0 spiro atoms. The highest BCUT2D eigenvalue weighted by Gasteiger charge is 2.50. The van der Waals surface area contributed by atoms with Crippen LogP contribution in [0.1, 0.15) is 77.3 Å². The zero-order valence-corrected chi connectivity index (χ0v) is 24.0. The minimum absolute atomic E-state index is 0.0227. The molecular weight excluding hydrogens is 517 g/mol. The van der Waals surface area contributed by atoms with Gasteiger partial charge in [-0.15, -0.1) is 0 Å². The van der Waals surface area contributed by atoms with Gasteiger partial charge in [-0.25, -0.2) is 4.39 Å². The maximum absolute atomic E-state index is 14.2. The molecule has 2 aliphatic carbocycles. The first kappa shape index (κ1) is 27.6. The molecule has 0 radical (unpaired) electrons. The number of hydrogen-bond donors (Lipinski definition) is 0. The Labute approximate surface area is 234 Å². The van der Waals surface area contributed by atoms with Gasteiger partial charge in [0.05, 0.1) is 17.5 Å². The summed E-state index contributed by atoms with van der Waals surface area (Å²) >= 11 is 6.79. The lowest BCUT2D eigenvalue weighted by molar-refractivity contribution is -0.124. The molecule has 0 saturated heterocycles. The molecule has 1 heterocycles. The lowest BCUT2D eigenvalue weighted by Gasteiger charge is -2.44.